The molecule has 0 saturated carbocycles. The Morgan fingerprint density at radius 1 is 1.08 bits per heavy atom. The first-order chi connectivity index (χ1) is 17.9. The highest BCUT2D eigenvalue weighted by Gasteiger charge is 2.48. The van der Waals surface area contributed by atoms with Crippen molar-refractivity contribution in [2.45, 2.75) is 19.0 Å². The van der Waals surface area contributed by atoms with E-state index in [0.717, 1.165) is 24.4 Å². The Labute approximate surface area is 219 Å². The van der Waals surface area contributed by atoms with E-state index in [1.54, 1.807) is 11.9 Å². The molecule has 1 aromatic heterocycles. The molecule has 200 valence electrons. The fraction of sp³-hybridized carbons (Fsp3) is 0.292. The summed E-state index contributed by atoms with van der Waals surface area (Å²) in [6.07, 6.45) is 0. The molecule has 1 aliphatic heterocycles. The first-order valence-corrected chi connectivity index (χ1v) is 12.9. The van der Waals surface area contributed by atoms with Gasteiger partial charge in [0, 0.05) is 39.8 Å². The highest BCUT2D eigenvalue weighted by molar-refractivity contribution is 7.87. The van der Waals surface area contributed by atoms with Crippen molar-refractivity contribution in [3.8, 4) is 0 Å². The molecule has 1 aliphatic rings. The van der Waals surface area contributed by atoms with Crippen LogP contribution in [0, 0.1) is 0 Å². The van der Waals surface area contributed by atoms with Gasteiger partial charge in [-0.15, -0.1) is 5.10 Å². The standard InChI is InChI=1S/C24H27N7O6S/c1-28(2)38(36,37)30-14-19(22(30)33)20-26-24(29(3)13-16-9-7-15(12-25)8-10-16)31(27-20)21(32)17-5-4-6-18(11-17)23(34)35/h4-11,19H,12-14,25H2,1-3H3,(H,34,35). The number of aromatic carboxylic acids is 1. The van der Waals surface area contributed by atoms with E-state index in [1.807, 2.05) is 24.3 Å². The fourth-order valence-corrected chi connectivity index (χ4v) is 4.96. The van der Waals surface area contributed by atoms with Crippen molar-refractivity contribution in [2.75, 3.05) is 32.6 Å². The van der Waals surface area contributed by atoms with Gasteiger partial charge < -0.3 is 15.7 Å². The lowest BCUT2D eigenvalue weighted by molar-refractivity contribution is -0.136. The third kappa shape index (κ3) is 5.01. The van der Waals surface area contributed by atoms with Crippen LogP contribution in [0.5, 0.6) is 0 Å². The summed E-state index contributed by atoms with van der Waals surface area (Å²) < 4.78 is 27.4. The largest absolute Gasteiger partial charge is 0.478 e. The van der Waals surface area contributed by atoms with E-state index in [1.165, 1.54) is 38.4 Å². The maximum atomic E-state index is 13.4. The van der Waals surface area contributed by atoms with Crippen molar-refractivity contribution in [3.05, 3.63) is 76.6 Å². The summed E-state index contributed by atoms with van der Waals surface area (Å²) in [5.74, 6) is -3.42. The number of nitrogens with two attached hydrogens (primary N) is 1. The topological polar surface area (TPSA) is 172 Å². The molecular formula is C24H27N7O6S. The first kappa shape index (κ1) is 26.9. The van der Waals surface area contributed by atoms with Gasteiger partial charge in [-0.1, -0.05) is 30.3 Å². The number of carboxylic acid groups (broad SMARTS) is 1. The number of β-lactam (4-membered cyclic amide) rings is 1. The second-order valence-corrected chi connectivity index (χ2v) is 11.0. The summed E-state index contributed by atoms with van der Waals surface area (Å²) in [7, 11) is 0.371. The summed E-state index contributed by atoms with van der Waals surface area (Å²) in [5.41, 5.74) is 7.49. The van der Waals surface area contributed by atoms with Gasteiger partial charge in [-0.2, -0.15) is 22.4 Å². The van der Waals surface area contributed by atoms with E-state index >= 15 is 0 Å². The predicted octanol–water partition coefficient (Wildman–Crippen LogP) is 0.492. The molecule has 1 unspecified atom stereocenters. The quantitative estimate of drug-likeness (QED) is 0.363. The van der Waals surface area contributed by atoms with Crippen molar-refractivity contribution >= 4 is 33.9 Å². The Hall–Kier alpha value is -4.14. The summed E-state index contributed by atoms with van der Waals surface area (Å²) in [5, 5.41) is 13.6. The van der Waals surface area contributed by atoms with Crippen molar-refractivity contribution in [1.82, 2.24) is 23.4 Å². The Bertz CT molecular complexity index is 1500. The lowest BCUT2D eigenvalue weighted by atomic mass is 10.0. The van der Waals surface area contributed by atoms with E-state index in [9.17, 15) is 27.9 Å². The summed E-state index contributed by atoms with van der Waals surface area (Å²) in [6, 6.07) is 13.0. The number of carboxylic acids is 1. The van der Waals surface area contributed by atoms with Crippen LogP contribution in [0.15, 0.2) is 48.5 Å². The number of benzene rings is 2. The average molecular weight is 542 g/mol. The molecule has 2 aromatic carbocycles. The lowest BCUT2D eigenvalue weighted by Gasteiger charge is -2.37. The Morgan fingerprint density at radius 2 is 1.71 bits per heavy atom. The van der Waals surface area contributed by atoms with Gasteiger partial charge >= 0.3 is 16.2 Å². The molecule has 14 heteroatoms. The van der Waals surface area contributed by atoms with Gasteiger partial charge in [-0.3, -0.25) is 9.59 Å². The number of carbonyl (C=O) groups excluding carboxylic acids is 2. The van der Waals surface area contributed by atoms with Crippen LogP contribution in [0.2, 0.25) is 0 Å². The van der Waals surface area contributed by atoms with Gasteiger partial charge in [0.05, 0.1) is 12.1 Å². The minimum atomic E-state index is -3.96. The number of amides is 1. The monoisotopic (exact) mass is 541 g/mol. The van der Waals surface area contributed by atoms with Crippen LogP contribution in [-0.4, -0.2) is 82.4 Å². The zero-order valence-electron chi connectivity index (χ0n) is 21.0. The van der Waals surface area contributed by atoms with Crippen LogP contribution in [0.25, 0.3) is 0 Å². The van der Waals surface area contributed by atoms with E-state index < -0.39 is 33.9 Å². The molecule has 0 aliphatic carbocycles. The van der Waals surface area contributed by atoms with Crippen LogP contribution < -0.4 is 10.6 Å². The summed E-state index contributed by atoms with van der Waals surface area (Å²) in [6.45, 7) is 0.550. The molecule has 4 rings (SSSR count). The number of hydrogen-bond donors (Lipinski definition) is 2. The minimum Gasteiger partial charge on any atom is -0.478 e. The molecule has 1 saturated heterocycles. The van der Waals surface area contributed by atoms with Crippen LogP contribution in [0.3, 0.4) is 0 Å². The van der Waals surface area contributed by atoms with E-state index in [2.05, 4.69) is 10.1 Å². The zero-order valence-corrected chi connectivity index (χ0v) is 21.8. The number of rotatable bonds is 9. The van der Waals surface area contributed by atoms with E-state index in [-0.39, 0.29) is 29.4 Å². The molecule has 13 nitrogen and oxygen atoms in total. The molecule has 0 radical (unpaired) electrons. The van der Waals surface area contributed by atoms with Gasteiger partial charge in [0.15, 0.2) is 5.82 Å². The second kappa shape index (κ2) is 10.3. The van der Waals surface area contributed by atoms with Crippen molar-refractivity contribution < 1.29 is 27.9 Å². The molecule has 3 N–H and O–H groups in total. The maximum Gasteiger partial charge on any atom is 0.335 e. The van der Waals surface area contributed by atoms with Gasteiger partial charge in [-0.25, -0.2) is 9.10 Å². The third-order valence-corrected chi connectivity index (χ3v) is 7.93. The van der Waals surface area contributed by atoms with Gasteiger partial charge in [-0.05, 0) is 29.3 Å². The first-order valence-electron chi connectivity index (χ1n) is 11.5. The highest BCUT2D eigenvalue weighted by atomic mass is 32.2. The lowest BCUT2D eigenvalue weighted by Crippen LogP contribution is -2.57. The number of nitrogens with zero attached hydrogens (tertiary/aromatic N) is 6. The highest BCUT2D eigenvalue weighted by Crippen LogP contribution is 2.31. The van der Waals surface area contributed by atoms with Crippen molar-refractivity contribution in [3.63, 3.8) is 0 Å². The van der Waals surface area contributed by atoms with Crippen LogP contribution in [-0.2, 0) is 28.1 Å². The zero-order chi connectivity index (χ0) is 27.8. The van der Waals surface area contributed by atoms with Crippen molar-refractivity contribution in [1.29, 1.82) is 0 Å². The molecule has 1 atom stereocenters. The van der Waals surface area contributed by atoms with Crippen LogP contribution >= 0.6 is 0 Å². The van der Waals surface area contributed by atoms with E-state index in [4.69, 9.17) is 5.73 Å². The van der Waals surface area contributed by atoms with E-state index in [0.29, 0.717) is 13.1 Å². The van der Waals surface area contributed by atoms with Gasteiger partial charge in [0.1, 0.15) is 5.92 Å². The predicted molar refractivity (Wildman–Crippen MR) is 137 cm³/mol. The minimum absolute atomic E-state index is 0.0109. The van der Waals surface area contributed by atoms with Crippen molar-refractivity contribution in [2.24, 2.45) is 5.73 Å². The van der Waals surface area contributed by atoms with Gasteiger partial charge in [0.25, 0.3) is 5.91 Å². The normalized spacial score (nSPS) is 15.4. The van der Waals surface area contributed by atoms with Crippen LogP contribution in [0.1, 0.15) is 43.6 Å². The Morgan fingerprint density at radius 3 is 2.29 bits per heavy atom. The SMILES string of the molecule is CN(Cc1ccc(CN)cc1)c1nc(C2CN(S(=O)(=O)N(C)C)C2=O)nn1C(=O)c1cccc(C(=O)O)c1. The Balaban J connectivity index is 1.69. The molecule has 1 fully saturated rings. The molecule has 3 aromatic rings. The maximum absolute atomic E-state index is 13.4. The Kier molecular flexibility index (Phi) is 7.31. The molecular weight excluding hydrogens is 514 g/mol. The molecule has 2 heterocycles. The van der Waals surface area contributed by atoms with Crippen LogP contribution in [0.4, 0.5) is 5.95 Å². The smallest absolute Gasteiger partial charge is 0.335 e. The summed E-state index contributed by atoms with van der Waals surface area (Å²) in [4.78, 5) is 43.7. The van der Waals surface area contributed by atoms with Gasteiger partial charge in [0.2, 0.25) is 11.9 Å². The number of hydrogen-bond acceptors (Lipinski definition) is 9. The molecule has 38 heavy (non-hydrogen) atoms. The third-order valence-electron chi connectivity index (χ3n) is 6.12. The number of carbonyl (C=O) groups is 3. The molecule has 1 amide bonds. The number of aromatic nitrogens is 3. The summed E-state index contributed by atoms with van der Waals surface area (Å²) >= 11 is 0. The number of anilines is 1. The molecule has 0 spiro atoms. The molecule has 0 bridgehead atoms. The second-order valence-electron chi connectivity index (χ2n) is 8.96. The average Bonchev–Trinajstić information content (AvgIpc) is 3.32. The fourth-order valence-electron chi connectivity index (χ4n) is 3.88.